The van der Waals surface area contributed by atoms with Crippen LogP contribution in [0.2, 0.25) is 0 Å². The summed E-state index contributed by atoms with van der Waals surface area (Å²) in [5.41, 5.74) is 3.84. The van der Waals surface area contributed by atoms with E-state index in [0.717, 1.165) is 34.3 Å². The van der Waals surface area contributed by atoms with Crippen molar-refractivity contribution in [1.82, 2.24) is 5.32 Å². The van der Waals surface area contributed by atoms with Crippen LogP contribution in [0.4, 0.5) is 0 Å². The number of ether oxygens (including phenoxy) is 1. The molecule has 0 aromatic heterocycles. The monoisotopic (exact) mass is 375 g/mol. The third kappa shape index (κ3) is 2.85. The Labute approximate surface area is 143 Å². The minimum absolute atomic E-state index is 0.109. The number of dihydropyridines is 1. The number of methoxy groups -OCH3 is 1. The maximum atomic E-state index is 12.6. The summed E-state index contributed by atoms with van der Waals surface area (Å²) in [6, 6.07) is 7.75. The fourth-order valence-electron chi connectivity index (χ4n) is 3.38. The first-order valence-corrected chi connectivity index (χ1v) is 8.40. The Kier molecular flexibility index (Phi) is 4.39. The molecule has 0 bridgehead atoms. The van der Waals surface area contributed by atoms with Crippen LogP contribution >= 0.6 is 15.9 Å². The molecule has 0 saturated heterocycles. The molecular weight excluding hydrogens is 358 g/mol. The first-order valence-electron chi connectivity index (χ1n) is 7.60. The molecule has 0 unspecified atom stereocenters. The minimum atomic E-state index is -0.398. The SMILES string of the molecule is COC(=O)C1=C(C)NC2=C(C(=O)CCC2)[C@H]1c1cccc(Br)c1. The number of halogens is 1. The molecule has 0 radical (unpaired) electrons. The lowest BCUT2D eigenvalue weighted by Gasteiger charge is -2.34. The van der Waals surface area contributed by atoms with Crippen LogP contribution in [0.15, 0.2) is 51.3 Å². The van der Waals surface area contributed by atoms with Crippen LogP contribution in [-0.4, -0.2) is 18.9 Å². The van der Waals surface area contributed by atoms with E-state index in [9.17, 15) is 9.59 Å². The Morgan fingerprint density at radius 2 is 2.13 bits per heavy atom. The largest absolute Gasteiger partial charge is 0.466 e. The van der Waals surface area contributed by atoms with Gasteiger partial charge in [-0.05, 0) is 37.5 Å². The quantitative estimate of drug-likeness (QED) is 0.802. The number of rotatable bonds is 2. The molecule has 0 spiro atoms. The number of esters is 1. The third-order valence-electron chi connectivity index (χ3n) is 4.36. The smallest absolute Gasteiger partial charge is 0.336 e. The molecule has 1 N–H and O–H groups in total. The Morgan fingerprint density at radius 3 is 2.83 bits per heavy atom. The Balaban J connectivity index is 2.20. The second-order valence-corrected chi connectivity index (χ2v) is 6.73. The van der Waals surface area contributed by atoms with Gasteiger partial charge in [0.2, 0.25) is 0 Å². The predicted molar refractivity (Wildman–Crippen MR) is 90.6 cm³/mol. The zero-order valence-corrected chi connectivity index (χ0v) is 14.7. The molecule has 0 amide bonds. The topological polar surface area (TPSA) is 55.4 Å². The number of carbonyl (C=O) groups excluding carboxylic acids is 2. The summed E-state index contributed by atoms with van der Waals surface area (Å²) in [4.78, 5) is 24.9. The molecule has 0 saturated carbocycles. The van der Waals surface area contributed by atoms with Crippen LogP contribution in [0.5, 0.6) is 0 Å². The van der Waals surface area contributed by atoms with Gasteiger partial charge in [0.15, 0.2) is 5.78 Å². The highest BCUT2D eigenvalue weighted by atomic mass is 79.9. The molecule has 120 valence electrons. The summed E-state index contributed by atoms with van der Waals surface area (Å²) in [6.07, 6.45) is 2.20. The molecule has 3 rings (SSSR count). The lowest BCUT2D eigenvalue weighted by Crippen LogP contribution is -2.34. The average Bonchev–Trinajstić information content (AvgIpc) is 2.53. The summed E-state index contributed by atoms with van der Waals surface area (Å²) in [5, 5.41) is 3.25. The zero-order valence-electron chi connectivity index (χ0n) is 13.1. The van der Waals surface area contributed by atoms with Crippen LogP contribution in [0.25, 0.3) is 0 Å². The highest BCUT2D eigenvalue weighted by molar-refractivity contribution is 9.10. The summed E-state index contributed by atoms with van der Waals surface area (Å²) in [6.45, 7) is 1.86. The maximum Gasteiger partial charge on any atom is 0.336 e. The van der Waals surface area contributed by atoms with Crippen molar-refractivity contribution in [3.05, 3.63) is 56.8 Å². The van der Waals surface area contributed by atoms with Crippen LogP contribution < -0.4 is 5.32 Å². The normalized spacial score (nSPS) is 21.0. The molecule has 4 nitrogen and oxygen atoms in total. The van der Waals surface area contributed by atoms with E-state index in [1.165, 1.54) is 7.11 Å². The lowest BCUT2D eigenvalue weighted by atomic mass is 9.75. The van der Waals surface area contributed by atoms with Crippen molar-refractivity contribution in [1.29, 1.82) is 0 Å². The van der Waals surface area contributed by atoms with Gasteiger partial charge in [0, 0.05) is 33.8 Å². The Hall–Kier alpha value is -1.88. The minimum Gasteiger partial charge on any atom is -0.466 e. The van der Waals surface area contributed by atoms with E-state index >= 15 is 0 Å². The number of ketones is 1. The molecule has 1 aliphatic carbocycles. The number of Topliss-reactive ketones (excluding diaryl/α,β-unsaturated/α-hetero) is 1. The Bertz CT molecular complexity index is 748. The van der Waals surface area contributed by atoms with Crippen molar-refractivity contribution in [2.24, 2.45) is 0 Å². The molecule has 2 aliphatic rings. The van der Waals surface area contributed by atoms with Crippen molar-refractivity contribution in [2.45, 2.75) is 32.1 Å². The van der Waals surface area contributed by atoms with Gasteiger partial charge in [-0.2, -0.15) is 0 Å². The lowest BCUT2D eigenvalue weighted by molar-refractivity contribution is -0.136. The van der Waals surface area contributed by atoms with Crippen molar-refractivity contribution in [3.63, 3.8) is 0 Å². The fraction of sp³-hybridized carbons (Fsp3) is 0.333. The zero-order chi connectivity index (χ0) is 16.6. The van der Waals surface area contributed by atoms with Gasteiger partial charge in [-0.25, -0.2) is 4.79 Å². The number of carbonyl (C=O) groups is 2. The predicted octanol–water partition coefficient (Wildman–Crippen LogP) is 3.59. The summed E-state index contributed by atoms with van der Waals surface area (Å²) in [5.74, 6) is -0.661. The van der Waals surface area contributed by atoms with Crippen LogP contribution in [-0.2, 0) is 14.3 Å². The highest BCUT2D eigenvalue weighted by Gasteiger charge is 2.38. The van der Waals surface area contributed by atoms with E-state index in [-0.39, 0.29) is 11.7 Å². The highest BCUT2D eigenvalue weighted by Crippen LogP contribution is 2.42. The van der Waals surface area contributed by atoms with Gasteiger partial charge in [-0.3, -0.25) is 4.79 Å². The molecule has 5 heteroatoms. The van der Waals surface area contributed by atoms with Gasteiger partial charge in [0.25, 0.3) is 0 Å². The molecule has 1 aromatic rings. The van der Waals surface area contributed by atoms with Gasteiger partial charge in [-0.1, -0.05) is 28.1 Å². The van der Waals surface area contributed by atoms with E-state index in [4.69, 9.17) is 4.74 Å². The number of nitrogens with one attached hydrogen (secondary N) is 1. The third-order valence-corrected chi connectivity index (χ3v) is 4.86. The van der Waals surface area contributed by atoms with Crippen LogP contribution in [0, 0.1) is 0 Å². The molecule has 23 heavy (non-hydrogen) atoms. The summed E-state index contributed by atoms with van der Waals surface area (Å²) in [7, 11) is 1.37. The Morgan fingerprint density at radius 1 is 1.35 bits per heavy atom. The summed E-state index contributed by atoms with van der Waals surface area (Å²) < 4.78 is 5.89. The van der Waals surface area contributed by atoms with E-state index in [1.807, 2.05) is 31.2 Å². The van der Waals surface area contributed by atoms with Gasteiger partial charge in [0.05, 0.1) is 12.7 Å². The molecule has 1 aliphatic heterocycles. The van der Waals surface area contributed by atoms with Gasteiger partial charge in [0.1, 0.15) is 0 Å². The number of hydrogen-bond acceptors (Lipinski definition) is 4. The molecular formula is C18H18BrNO3. The molecule has 0 fully saturated rings. The van der Waals surface area contributed by atoms with Crippen LogP contribution in [0.3, 0.4) is 0 Å². The summed E-state index contributed by atoms with van der Waals surface area (Å²) >= 11 is 3.47. The van der Waals surface area contributed by atoms with Crippen molar-refractivity contribution in [3.8, 4) is 0 Å². The van der Waals surface area contributed by atoms with E-state index < -0.39 is 5.97 Å². The molecule has 1 atom stereocenters. The number of benzene rings is 1. The van der Waals surface area contributed by atoms with Gasteiger partial charge in [-0.15, -0.1) is 0 Å². The molecule has 1 heterocycles. The van der Waals surface area contributed by atoms with Crippen molar-refractivity contribution >= 4 is 27.7 Å². The van der Waals surface area contributed by atoms with Gasteiger partial charge < -0.3 is 10.1 Å². The van der Waals surface area contributed by atoms with Gasteiger partial charge >= 0.3 is 5.97 Å². The van der Waals surface area contributed by atoms with E-state index in [2.05, 4.69) is 21.2 Å². The van der Waals surface area contributed by atoms with Crippen LogP contribution in [0.1, 0.15) is 37.7 Å². The second kappa shape index (κ2) is 6.32. The molecule has 1 aromatic carbocycles. The second-order valence-electron chi connectivity index (χ2n) is 5.81. The fourth-order valence-corrected chi connectivity index (χ4v) is 3.80. The standard InChI is InChI=1S/C18H18BrNO3/c1-10-15(18(22)23-2)16(11-5-3-6-12(19)9-11)17-13(20-10)7-4-8-14(17)21/h3,5-6,9,16,20H,4,7-8H2,1-2H3/t16-/m0/s1. The first kappa shape index (κ1) is 16.0. The first-order chi connectivity index (χ1) is 11.0. The maximum absolute atomic E-state index is 12.6. The number of allylic oxidation sites excluding steroid dienone is 3. The average molecular weight is 376 g/mol. The van der Waals surface area contributed by atoms with E-state index in [0.29, 0.717) is 17.6 Å². The van der Waals surface area contributed by atoms with E-state index in [1.54, 1.807) is 0 Å². The number of hydrogen-bond donors (Lipinski definition) is 1. The van der Waals surface area contributed by atoms with Crippen molar-refractivity contribution in [2.75, 3.05) is 7.11 Å². The van der Waals surface area contributed by atoms with Crippen molar-refractivity contribution < 1.29 is 14.3 Å².